The Balaban J connectivity index is 1.64. The quantitative estimate of drug-likeness (QED) is 0.814. The summed E-state index contributed by atoms with van der Waals surface area (Å²) >= 11 is 0. The highest BCUT2D eigenvalue weighted by molar-refractivity contribution is 5.91. The van der Waals surface area contributed by atoms with Gasteiger partial charge >= 0.3 is 0 Å². The smallest absolute Gasteiger partial charge is 0.246 e. The Labute approximate surface area is 123 Å². The van der Waals surface area contributed by atoms with Gasteiger partial charge < -0.3 is 9.32 Å². The highest BCUT2D eigenvalue weighted by Crippen LogP contribution is 2.25. The number of furan rings is 1. The second-order valence-corrected chi connectivity index (χ2v) is 5.39. The fraction of sp³-hybridized carbons (Fsp3) is 0.375. The Hall–Kier alpha value is -2.30. The fourth-order valence-electron chi connectivity index (χ4n) is 2.71. The summed E-state index contributed by atoms with van der Waals surface area (Å²) in [6.07, 6.45) is 8.95. The summed E-state index contributed by atoms with van der Waals surface area (Å²) in [5.41, 5.74) is 1.07. The Morgan fingerprint density at radius 1 is 1.48 bits per heavy atom. The molecule has 0 aliphatic carbocycles. The van der Waals surface area contributed by atoms with E-state index in [0.29, 0.717) is 11.7 Å². The van der Waals surface area contributed by atoms with Gasteiger partial charge in [-0.25, -0.2) is 0 Å². The third-order valence-electron chi connectivity index (χ3n) is 3.82. The highest BCUT2D eigenvalue weighted by atomic mass is 16.3. The van der Waals surface area contributed by atoms with E-state index in [1.54, 1.807) is 18.4 Å². The Morgan fingerprint density at radius 2 is 2.38 bits per heavy atom. The zero-order chi connectivity index (χ0) is 14.7. The van der Waals surface area contributed by atoms with E-state index >= 15 is 0 Å². The molecular formula is C16H19N3O2. The molecule has 0 bridgehead atoms. The summed E-state index contributed by atoms with van der Waals surface area (Å²) in [6, 6.07) is 5.68. The average molecular weight is 285 g/mol. The first-order valence-corrected chi connectivity index (χ1v) is 7.22. The molecule has 1 saturated heterocycles. The van der Waals surface area contributed by atoms with Crippen LogP contribution in [0.1, 0.15) is 30.2 Å². The number of rotatable bonds is 3. The summed E-state index contributed by atoms with van der Waals surface area (Å²) < 4.78 is 7.01. The molecule has 0 saturated carbocycles. The molecule has 1 amide bonds. The highest BCUT2D eigenvalue weighted by Gasteiger charge is 2.25. The maximum absolute atomic E-state index is 12.2. The van der Waals surface area contributed by atoms with Crippen LogP contribution in [-0.2, 0) is 11.8 Å². The number of hydrogen-bond donors (Lipinski definition) is 0. The average Bonchev–Trinajstić information content (AvgIpc) is 3.16. The predicted octanol–water partition coefficient (Wildman–Crippen LogP) is 2.43. The lowest BCUT2D eigenvalue weighted by Crippen LogP contribution is -2.38. The number of carbonyl (C=O) groups is 1. The molecule has 0 N–H and O–H groups in total. The number of piperidine rings is 1. The van der Waals surface area contributed by atoms with E-state index in [1.807, 2.05) is 41.0 Å². The molecule has 2 aromatic heterocycles. The van der Waals surface area contributed by atoms with Crippen molar-refractivity contribution in [2.24, 2.45) is 7.05 Å². The zero-order valence-electron chi connectivity index (χ0n) is 12.1. The third kappa shape index (κ3) is 3.24. The SMILES string of the molecule is Cn1ccc(C2CCCN(C(=O)C=Cc3ccco3)C2)n1. The van der Waals surface area contributed by atoms with Crippen LogP contribution in [0.4, 0.5) is 0 Å². The standard InChI is InChI=1S/C16H19N3O2/c1-18-10-8-15(17-18)13-4-2-9-19(12-13)16(20)7-6-14-5-3-11-21-14/h3,5-8,10-11,13H,2,4,9,12H2,1H3. The van der Waals surface area contributed by atoms with E-state index in [4.69, 9.17) is 4.42 Å². The second-order valence-electron chi connectivity index (χ2n) is 5.39. The summed E-state index contributed by atoms with van der Waals surface area (Å²) in [6.45, 7) is 1.54. The van der Waals surface area contributed by atoms with E-state index in [1.165, 1.54) is 0 Å². The molecule has 0 spiro atoms. The van der Waals surface area contributed by atoms with Crippen molar-refractivity contribution in [3.63, 3.8) is 0 Å². The molecule has 1 fully saturated rings. The van der Waals surface area contributed by atoms with Gasteiger partial charge in [0.2, 0.25) is 5.91 Å². The molecule has 1 unspecified atom stereocenters. The molecule has 5 heteroatoms. The van der Waals surface area contributed by atoms with Crippen molar-refractivity contribution in [2.45, 2.75) is 18.8 Å². The van der Waals surface area contributed by atoms with Crippen LogP contribution in [0.5, 0.6) is 0 Å². The van der Waals surface area contributed by atoms with Crippen molar-refractivity contribution in [1.29, 1.82) is 0 Å². The normalized spacial score (nSPS) is 19.3. The topological polar surface area (TPSA) is 51.3 Å². The number of aryl methyl sites for hydroxylation is 1. The number of likely N-dealkylation sites (tertiary alicyclic amines) is 1. The fourth-order valence-corrected chi connectivity index (χ4v) is 2.71. The van der Waals surface area contributed by atoms with Gasteiger partial charge in [0.05, 0.1) is 12.0 Å². The van der Waals surface area contributed by atoms with Crippen molar-refractivity contribution in [3.05, 3.63) is 48.2 Å². The molecule has 1 aliphatic rings. The summed E-state index contributed by atoms with van der Waals surface area (Å²) in [5, 5.41) is 4.46. The van der Waals surface area contributed by atoms with Gasteiger partial charge in [-0.1, -0.05) is 0 Å². The molecule has 2 aromatic rings. The van der Waals surface area contributed by atoms with Gasteiger partial charge in [-0.05, 0) is 37.1 Å². The number of nitrogens with zero attached hydrogens (tertiary/aromatic N) is 3. The molecule has 5 nitrogen and oxygen atoms in total. The van der Waals surface area contributed by atoms with E-state index in [9.17, 15) is 4.79 Å². The molecule has 0 aromatic carbocycles. The van der Waals surface area contributed by atoms with Crippen LogP contribution >= 0.6 is 0 Å². The van der Waals surface area contributed by atoms with Gasteiger partial charge in [-0.15, -0.1) is 0 Å². The van der Waals surface area contributed by atoms with E-state index in [-0.39, 0.29) is 5.91 Å². The molecule has 3 heterocycles. The molecular weight excluding hydrogens is 266 g/mol. The monoisotopic (exact) mass is 285 g/mol. The van der Waals surface area contributed by atoms with Crippen molar-refractivity contribution >= 4 is 12.0 Å². The lowest BCUT2D eigenvalue weighted by molar-refractivity contribution is -0.127. The minimum absolute atomic E-state index is 0.0343. The van der Waals surface area contributed by atoms with Crippen LogP contribution in [0.25, 0.3) is 6.08 Å². The first kappa shape index (κ1) is 13.7. The molecule has 21 heavy (non-hydrogen) atoms. The van der Waals surface area contributed by atoms with Gasteiger partial charge in [0.1, 0.15) is 5.76 Å². The summed E-state index contributed by atoms with van der Waals surface area (Å²) in [7, 11) is 1.92. The summed E-state index contributed by atoms with van der Waals surface area (Å²) in [4.78, 5) is 14.1. The van der Waals surface area contributed by atoms with Crippen LogP contribution in [0.2, 0.25) is 0 Å². The van der Waals surface area contributed by atoms with Gasteiger partial charge in [-0.3, -0.25) is 9.48 Å². The molecule has 1 atom stereocenters. The largest absolute Gasteiger partial charge is 0.465 e. The number of hydrogen-bond acceptors (Lipinski definition) is 3. The Morgan fingerprint density at radius 3 is 3.10 bits per heavy atom. The molecule has 0 radical (unpaired) electrons. The third-order valence-corrected chi connectivity index (χ3v) is 3.82. The first-order valence-electron chi connectivity index (χ1n) is 7.22. The number of amides is 1. The molecule has 3 rings (SSSR count). The van der Waals surface area contributed by atoms with Crippen molar-refractivity contribution < 1.29 is 9.21 Å². The van der Waals surface area contributed by atoms with Crippen molar-refractivity contribution in [1.82, 2.24) is 14.7 Å². The van der Waals surface area contributed by atoms with E-state index in [0.717, 1.165) is 31.6 Å². The molecule has 110 valence electrons. The number of carbonyl (C=O) groups excluding carboxylic acids is 1. The predicted molar refractivity (Wildman–Crippen MR) is 79.5 cm³/mol. The minimum Gasteiger partial charge on any atom is -0.465 e. The summed E-state index contributed by atoms with van der Waals surface area (Å²) in [5.74, 6) is 1.06. The van der Waals surface area contributed by atoms with Gasteiger partial charge in [0.15, 0.2) is 0 Å². The Kier molecular flexibility index (Phi) is 3.90. The van der Waals surface area contributed by atoms with Gasteiger partial charge in [0, 0.05) is 38.3 Å². The maximum atomic E-state index is 12.2. The van der Waals surface area contributed by atoms with Crippen LogP contribution in [0, 0.1) is 0 Å². The molecule has 1 aliphatic heterocycles. The van der Waals surface area contributed by atoms with Crippen LogP contribution in [0.15, 0.2) is 41.2 Å². The minimum atomic E-state index is 0.0343. The van der Waals surface area contributed by atoms with Crippen molar-refractivity contribution in [2.75, 3.05) is 13.1 Å². The van der Waals surface area contributed by atoms with Gasteiger partial charge in [0.25, 0.3) is 0 Å². The zero-order valence-corrected chi connectivity index (χ0v) is 12.1. The first-order chi connectivity index (χ1) is 10.2. The van der Waals surface area contributed by atoms with E-state index < -0.39 is 0 Å². The second kappa shape index (κ2) is 5.99. The van der Waals surface area contributed by atoms with E-state index in [2.05, 4.69) is 5.10 Å². The van der Waals surface area contributed by atoms with Crippen LogP contribution in [0.3, 0.4) is 0 Å². The Bertz CT molecular complexity index is 628. The number of aromatic nitrogens is 2. The lowest BCUT2D eigenvalue weighted by Gasteiger charge is -2.31. The maximum Gasteiger partial charge on any atom is 0.246 e. The van der Waals surface area contributed by atoms with Crippen LogP contribution in [-0.4, -0.2) is 33.7 Å². The van der Waals surface area contributed by atoms with Crippen LogP contribution < -0.4 is 0 Å². The lowest BCUT2D eigenvalue weighted by atomic mass is 9.95. The van der Waals surface area contributed by atoms with Gasteiger partial charge in [-0.2, -0.15) is 5.10 Å². The van der Waals surface area contributed by atoms with Crippen molar-refractivity contribution in [3.8, 4) is 0 Å².